The van der Waals surface area contributed by atoms with E-state index in [0.717, 1.165) is 5.56 Å². The van der Waals surface area contributed by atoms with Gasteiger partial charge in [0, 0.05) is 11.9 Å². The summed E-state index contributed by atoms with van der Waals surface area (Å²) in [5.41, 5.74) is 0.947. The third-order valence-corrected chi connectivity index (χ3v) is 6.45. The SMILES string of the molecule is O=C(OCc1ccccc1)C1C(CI)C(=O)N1P(P)P. The fourth-order valence-electron chi connectivity index (χ4n) is 2.02. The molecule has 1 aliphatic heterocycles. The number of alkyl halides is 1. The molecule has 1 aromatic rings. The smallest absolute Gasteiger partial charge is 0.330 e. The Bertz CT molecular complexity index is 500. The van der Waals surface area contributed by atoms with Crippen LogP contribution < -0.4 is 0 Å². The highest BCUT2D eigenvalue weighted by Crippen LogP contribution is 2.61. The van der Waals surface area contributed by atoms with Crippen molar-refractivity contribution >= 4 is 59.8 Å². The second-order valence-electron chi connectivity index (χ2n) is 4.36. The van der Waals surface area contributed by atoms with Gasteiger partial charge in [0.05, 0.1) is 5.92 Å². The molecule has 0 spiro atoms. The summed E-state index contributed by atoms with van der Waals surface area (Å²) in [5, 5.41) is 0. The molecule has 4 atom stereocenters. The standard InChI is InChI=1S/C12H15INO3P3/c13-6-9-10(14(11(9)15)20(18)19)12(16)17-7-8-4-2-1-3-5-8/h1-5,9-10H,6-7,18-19H2. The highest BCUT2D eigenvalue weighted by molar-refractivity contribution is 14.1. The number of β-lactam (4-membered cyclic amide) rings is 1. The van der Waals surface area contributed by atoms with Crippen molar-refractivity contribution < 1.29 is 14.3 Å². The zero-order chi connectivity index (χ0) is 14.7. The van der Waals surface area contributed by atoms with Crippen molar-refractivity contribution in [2.45, 2.75) is 12.6 Å². The molecule has 0 aliphatic carbocycles. The van der Waals surface area contributed by atoms with Gasteiger partial charge < -0.3 is 4.74 Å². The van der Waals surface area contributed by atoms with Crippen molar-refractivity contribution in [2.24, 2.45) is 5.92 Å². The second-order valence-corrected chi connectivity index (χ2v) is 11.4. The van der Waals surface area contributed by atoms with Crippen molar-refractivity contribution in [2.75, 3.05) is 4.43 Å². The highest BCUT2D eigenvalue weighted by atomic mass is 127. The molecule has 20 heavy (non-hydrogen) atoms. The molecule has 0 saturated carbocycles. The van der Waals surface area contributed by atoms with Crippen LogP contribution in [-0.4, -0.2) is 27.0 Å². The van der Waals surface area contributed by atoms with Gasteiger partial charge in [-0.25, -0.2) is 4.79 Å². The maximum atomic E-state index is 12.2. The van der Waals surface area contributed by atoms with Crippen LogP contribution in [0.25, 0.3) is 0 Å². The Morgan fingerprint density at radius 2 is 2.00 bits per heavy atom. The normalized spacial score (nSPS) is 21.8. The fraction of sp³-hybridized carbons (Fsp3) is 0.333. The number of hydrogen-bond acceptors (Lipinski definition) is 3. The predicted octanol–water partition coefficient (Wildman–Crippen LogP) is 2.97. The van der Waals surface area contributed by atoms with Gasteiger partial charge in [-0.1, -0.05) is 70.8 Å². The summed E-state index contributed by atoms with van der Waals surface area (Å²) >= 11 is 2.14. The molecule has 0 N–H and O–H groups in total. The third kappa shape index (κ3) is 3.50. The summed E-state index contributed by atoms with van der Waals surface area (Å²) < 4.78 is 7.60. The Morgan fingerprint density at radius 1 is 1.35 bits per heavy atom. The first-order valence-electron chi connectivity index (χ1n) is 5.95. The van der Waals surface area contributed by atoms with Crippen molar-refractivity contribution in [3.05, 3.63) is 35.9 Å². The van der Waals surface area contributed by atoms with E-state index < -0.39 is 13.5 Å². The predicted molar refractivity (Wildman–Crippen MR) is 95.6 cm³/mol. The first-order valence-corrected chi connectivity index (χ1v) is 12.0. The Hall–Kier alpha value is 0.180. The van der Waals surface area contributed by atoms with Gasteiger partial charge in [0.1, 0.15) is 12.6 Å². The van der Waals surface area contributed by atoms with Gasteiger partial charge in [-0.05, 0) is 5.56 Å². The molecule has 1 amide bonds. The van der Waals surface area contributed by atoms with E-state index in [-0.39, 0.29) is 24.4 Å². The molecule has 0 bridgehead atoms. The minimum atomic E-state index is -0.770. The molecule has 108 valence electrons. The van der Waals surface area contributed by atoms with Crippen LogP contribution in [0.4, 0.5) is 0 Å². The van der Waals surface area contributed by atoms with E-state index in [1.807, 2.05) is 30.3 Å². The van der Waals surface area contributed by atoms with Crippen LogP contribution >= 0.6 is 47.9 Å². The van der Waals surface area contributed by atoms with E-state index in [4.69, 9.17) is 4.74 Å². The van der Waals surface area contributed by atoms with E-state index in [1.165, 1.54) is 0 Å². The lowest BCUT2D eigenvalue weighted by molar-refractivity contribution is -0.165. The molecule has 0 aromatic heterocycles. The van der Waals surface area contributed by atoms with Gasteiger partial charge in [0.2, 0.25) is 5.91 Å². The molecule has 0 radical (unpaired) electrons. The lowest BCUT2D eigenvalue weighted by Crippen LogP contribution is -2.61. The molecule has 2 rings (SSSR count). The van der Waals surface area contributed by atoms with Crippen LogP contribution in [0.15, 0.2) is 30.3 Å². The number of rotatable bonds is 5. The lowest BCUT2D eigenvalue weighted by Gasteiger charge is -2.46. The Balaban J connectivity index is 1.98. The minimum Gasteiger partial charge on any atom is -0.459 e. The first-order chi connectivity index (χ1) is 9.56. The summed E-state index contributed by atoms with van der Waals surface area (Å²) in [6, 6.07) is 9.10. The van der Waals surface area contributed by atoms with Gasteiger partial charge in [-0.2, -0.15) is 0 Å². The van der Waals surface area contributed by atoms with Crippen LogP contribution in [0.5, 0.6) is 0 Å². The van der Waals surface area contributed by atoms with E-state index in [9.17, 15) is 9.59 Å². The highest BCUT2D eigenvalue weighted by Gasteiger charge is 2.53. The molecule has 4 unspecified atom stereocenters. The Morgan fingerprint density at radius 3 is 2.55 bits per heavy atom. The van der Waals surface area contributed by atoms with Crippen LogP contribution in [0, 0.1) is 5.92 Å². The Labute approximate surface area is 137 Å². The number of esters is 1. The molecular formula is C12H15INO3P3. The van der Waals surface area contributed by atoms with Gasteiger partial charge in [-0.15, -0.1) is 0 Å². The van der Waals surface area contributed by atoms with Crippen molar-refractivity contribution in [3.8, 4) is 0 Å². The number of ether oxygens (including phenoxy) is 1. The van der Waals surface area contributed by atoms with E-state index >= 15 is 0 Å². The first kappa shape index (κ1) is 16.5. The summed E-state index contributed by atoms with van der Waals surface area (Å²) in [6.45, 7) is 0.248. The van der Waals surface area contributed by atoms with Gasteiger partial charge >= 0.3 is 5.97 Å². The summed E-state index contributed by atoms with van der Waals surface area (Å²) in [4.78, 5) is 24.1. The van der Waals surface area contributed by atoms with Crippen LogP contribution in [0.2, 0.25) is 0 Å². The van der Waals surface area contributed by atoms with E-state index in [1.54, 1.807) is 4.67 Å². The topological polar surface area (TPSA) is 46.6 Å². The van der Waals surface area contributed by atoms with E-state index in [2.05, 4.69) is 40.4 Å². The van der Waals surface area contributed by atoms with Gasteiger partial charge in [0.15, 0.2) is 0 Å². The largest absolute Gasteiger partial charge is 0.459 e. The van der Waals surface area contributed by atoms with Crippen molar-refractivity contribution in [3.63, 3.8) is 0 Å². The summed E-state index contributed by atoms with van der Waals surface area (Å²) in [6.07, 6.45) is 0. The zero-order valence-corrected chi connectivity index (χ0v) is 16.0. The molecule has 8 heteroatoms. The van der Waals surface area contributed by atoms with Crippen LogP contribution in [0.1, 0.15) is 5.56 Å². The quantitative estimate of drug-likeness (QED) is 0.232. The molecule has 1 fully saturated rings. The van der Waals surface area contributed by atoms with E-state index in [0.29, 0.717) is 4.43 Å². The number of halogens is 1. The van der Waals surface area contributed by atoms with Gasteiger partial charge in [0.25, 0.3) is 0 Å². The monoisotopic (exact) mass is 441 g/mol. The maximum absolute atomic E-state index is 12.2. The average molecular weight is 441 g/mol. The van der Waals surface area contributed by atoms with Gasteiger partial charge in [-0.3, -0.25) is 9.46 Å². The molecule has 4 nitrogen and oxygen atoms in total. The molecule has 1 aliphatic rings. The number of amides is 1. The minimum absolute atomic E-state index is 0.0390. The zero-order valence-electron chi connectivity index (χ0n) is 10.6. The number of nitrogens with zero attached hydrogens (tertiary/aromatic N) is 1. The summed E-state index contributed by atoms with van der Waals surface area (Å²) in [5.74, 6) is -0.519. The molecule has 1 heterocycles. The third-order valence-electron chi connectivity index (χ3n) is 3.07. The number of benzene rings is 1. The lowest BCUT2D eigenvalue weighted by atomic mass is 9.92. The number of carbonyl (C=O) groups excluding carboxylic acids is 2. The van der Waals surface area contributed by atoms with Crippen LogP contribution in [-0.2, 0) is 20.9 Å². The van der Waals surface area contributed by atoms with Crippen molar-refractivity contribution in [1.29, 1.82) is 0 Å². The van der Waals surface area contributed by atoms with Crippen molar-refractivity contribution in [1.82, 2.24) is 4.67 Å². The molecule has 1 aromatic carbocycles. The molecule has 1 saturated heterocycles. The summed E-state index contributed by atoms with van der Waals surface area (Å²) in [7, 11) is 4.39. The number of carbonyl (C=O) groups is 2. The second kappa shape index (κ2) is 7.45. The Kier molecular flexibility index (Phi) is 6.16. The fourth-order valence-corrected chi connectivity index (χ4v) is 5.34. The maximum Gasteiger partial charge on any atom is 0.330 e. The number of hydrogen-bond donors (Lipinski definition) is 0. The molecular weight excluding hydrogens is 426 g/mol. The average Bonchev–Trinajstić information content (AvgIpc) is 2.43. The van der Waals surface area contributed by atoms with Crippen LogP contribution in [0.3, 0.4) is 0 Å².